The van der Waals surface area contributed by atoms with Crippen molar-refractivity contribution in [1.29, 1.82) is 0 Å². The lowest BCUT2D eigenvalue weighted by Gasteiger charge is -2.42. The Hall–Kier alpha value is -1.92. The fourth-order valence-electron chi connectivity index (χ4n) is 3.57. The molecule has 0 aliphatic carbocycles. The molecule has 1 aromatic rings. The Balaban J connectivity index is 2.17. The molecule has 0 saturated heterocycles. The molecule has 0 bridgehead atoms. The van der Waals surface area contributed by atoms with Gasteiger partial charge < -0.3 is 19.9 Å². The Morgan fingerprint density at radius 2 is 1.96 bits per heavy atom. The smallest absolute Gasteiger partial charge is 0.286 e. The molecule has 0 aromatic heterocycles. The van der Waals surface area contributed by atoms with E-state index in [2.05, 4.69) is 26.1 Å². The maximum Gasteiger partial charge on any atom is 0.286 e. The van der Waals surface area contributed by atoms with E-state index in [0.717, 1.165) is 12.0 Å². The molecule has 1 amide bonds. The Morgan fingerprint density at radius 1 is 1.29 bits per heavy atom. The highest BCUT2D eigenvalue weighted by atomic mass is 19.1. The van der Waals surface area contributed by atoms with Gasteiger partial charge >= 0.3 is 0 Å². The molecule has 1 aromatic carbocycles. The molecule has 1 aliphatic rings. The summed E-state index contributed by atoms with van der Waals surface area (Å²) in [5.41, 5.74) is 0.711. The van der Waals surface area contributed by atoms with Crippen LogP contribution in [0.25, 0.3) is 0 Å². The first kappa shape index (κ1) is 22.4. The number of aliphatic hydroxyl groups is 1. The summed E-state index contributed by atoms with van der Waals surface area (Å²) < 4.78 is 24.8. The molecule has 0 saturated carbocycles. The van der Waals surface area contributed by atoms with Crippen LogP contribution in [0.15, 0.2) is 36.1 Å². The second-order valence-corrected chi connectivity index (χ2v) is 8.20. The molecule has 0 spiro atoms. The van der Waals surface area contributed by atoms with Gasteiger partial charge in [-0.05, 0) is 54.9 Å². The lowest BCUT2D eigenvalue weighted by molar-refractivity contribution is -0.179. The summed E-state index contributed by atoms with van der Waals surface area (Å²) >= 11 is 0. The zero-order valence-electron chi connectivity index (χ0n) is 17.2. The molecular weight excluding hydrogens is 361 g/mol. The molecule has 1 heterocycles. The molecule has 6 heteroatoms. The topological polar surface area (TPSA) is 67.8 Å². The van der Waals surface area contributed by atoms with Crippen molar-refractivity contribution in [2.45, 2.75) is 53.4 Å². The molecule has 28 heavy (non-hydrogen) atoms. The molecular formula is C22H32FNO4. The summed E-state index contributed by atoms with van der Waals surface area (Å²) in [5.74, 6) is -0.254. The van der Waals surface area contributed by atoms with E-state index in [9.17, 15) is 14.3 Å². The first-order valence-corrected chi connectivity index (χ1v) is 9.89. The van der Waals surface area contributed by atoms with Gasteiger partial charge in [-0.25, -0.2) is 4.39 Å². The summed E-state index contributed by atoms with van der Waals surface area (Å²) in [5, 5.41) is 12.1. The average Bonchev–Trinajstić information content (AvgIpc) is 2.65. The van der Waals surface area contributed by atoms with Gasteiger partial charge in [-0.2, -0.15) is 0 Å². The highest BCUT2D eigenvalue weighted by Crippen LogP contribution is 2.42. The van der Waals surface area contributed by atoms with Crippen LogP contribution in [0.3, 0.4) is 0 Å². The second-order valence-electron chi connectivity index (χ2n) is 8.20. The van der Waals surface area contributed by atoms with Gasteiger partial charge in [0, 0.05) is 25.7 Å². The fourth-order valence-corrected chi connectivity index (χ4v) is 3.57. The van der Waals surface area contributed by atoms with E-state index in [4.69, 9.17) is 9.47 Å². The van der Waals surface area contributed by atoms with Crippen LogP contribution in [-0.2, 0) is 20.8 Å². The third kappa shape index (κ3) is 6.04. The third-order valence-corrected chi connectivity index (χ3v) is 5.00. The summed E-state index contributed by atoms with van der Waals surface area (Å²) in [6.45, 7) is 9.15. The van der Waals surface area contributed by atoms with Crippen molar-refractivity contribution in [3.63, 3.8) is 0 Å². The number of ether oxygens (including phenoxy) is 2. The van der Waals surface area contributed by atoms with Gasteiger partial charge in [0.1, 0.15) is 5.82 Å². The van der Waals surface area contributed by atoms with Crippen LogP contribution in [-0.4, -0.2) is 30.5 Å². The Labute approximate surface area is 166 Å². The van der Waals surface area contributed by atoms with Crippen LogP contribution in [0.4, 0.5) is 4.39 Å². The average molecular weight is 393 g/mol. The number of halogens is 1. The van der Waals surface area contributed by atoms with Gasteiger partial charge in [0.05, 0.1) is 0 Å². The minimum Gasteiger partial charge on any atom is -0.459 e. The molecule has 0 unspecified atom stereocenters. The second kappa shape index (κ2) is 10.0. The van der Waals surface area contributed by atoms with E-state index in [-0.39, 0.29) is 47.9 Å². The SMILES string of the molecule is CCO[C@@H]1OC(C(=O)NCc2ccc(F)cc2)=C[C@H](C(C)(C)C)[C@H]1CCCO. The summed E-state index contributed by atoms with van der Waals surface area (Å²) in [4.78, 5) is 12.7. The molecule has 3 atom stereocenters. The van der Waals surface area contributed by atoms with E-state index >= 15 is 0 Å². The first-order valence-electron chi connectivity index (χ1n) is 9.89. The Kier molecular flexibility index (Phi) is 8.01. The van der Waals surface area contributed by atoms with E-state index in [1.807, 2.05) is 13.0 Å². The summed E-state index contributed by atoms with van der Waals surface area (Å²) in [6.07, 6.45) is 2.77. The number of hydrogen-bond acceptors (Lipinski definition) is 4. The molecule has 2 N–H and O–H groups in total. The Morgan fingerprint density at radius 3 is 2.54 bits per heavy atom. The Bertz CT molecular complexity index is 666. The summed E-state index contributed by atoms with van der Waals surface area (Å²) in [7, 11) is 0. The molecule has 156 valence electrons. The molecule has 0 fully saturated rings. The quantitative estimate of drug-likeness (QED) is 0.706. The van der Waals surface area contributed by atoms with Crippen LogP contribution in [0.1, 0.15) is 46.1 Å². The lowest BCUT2D eigenvalue weighted by Crippen LogP contribution is -2.43. The highest BCUT2D eigenvalue weighted by Gasteiger charge is 2.42. The number of carbonyl (C=O) groups is 1. The summed E-state index contributed by atoms with van der Waals surface area (Å²) in [6, 6.07) is 6.00. The van der Waals surface area contributed by atoms with E-state index in [0.29, 0.717) is 13.0 Å². The van der Waals surface area contributed by atoms with Gasteiger partial charge in [0.25, 0.3) is 5.91 Å². The highest BCUT2D eigenvalue weighted by molar-refractivity contribution is 5.91. The largest absolute Gasteiger partial charge is 0.459 e. The van der Waals surface area contributed by atoms with Crippen molar-refractivity contribution < 1.29 is 23.8 Å². The number of aliphatic hydroxyl groups excluding tert-OH is 1. The van der Waals surface area contributed by atoms with Gasteiger partial charge in [0.15, 0.2) is 5.76 Å². The van der Waals surface area contributed by atoms with Crippen LogP contribution in [0.5, 0.6) is 0 Å². The van der Waals surface area contributed by atoms with Crippen LogP contribution in [0, 0.1) is 23.1 Å². The number of nitrogens with one attached hydrogen (secondary N) is 1. The number of rotatable bonds is 8. The van der Waals surface area contributed by atoms with Gasteiger partial charge in [0.2, 0.25) is 6.29 Å². The van der Waals surface area contributed by atoms with Crippen LogP contribution < -0.4 is 5.32 Å². The number of allylic oxidation sites excluding steroid dienone is 1. The zero-order valence-corrected chi connectivity index (χ0v) is 17.2. The predicted octanol–water partition coefficient (Wildman–Crippen LogP) is 3.77. The maximum atomic E-state index is 13.0. The van der Waals surface area contributed by atoms with Gasteiger partial charge in [-0.15, -0.1) is 0 Å². The first-order chi connectivity index (χ1) is 13.3. The third-order valence-electron chi connectivity index (χ3n) is 5.00. The van der Waals surface area contributed by atoms with Crippen molar-refractivity contribution in [3.8, 4) is 0 Å². The van der Waals surface area contributed by atoms with Crippen molar-refractivity contribution in [3.05, 3.63) is 47.5 Å². The zero-order chi connectivity index (χ0) is 20.7. The van der Waals surface area contributed by atoms with E-state index in [1.54, 1.807) is 12.1 Å². The number of carbonyl (C=O) groups excluding carboxylic acids is 1. The molecule has 5 nitrogen and oxygen atoms in total. The predicted molar refractivity (Wildman–Crippen MR) is 106 cm³/mol. The monoisotopic (exact) mass is 393 g/mol. The molecule has 2 rings (SSSR count). The maximum absolute atomic E-state index is 13.0. The van der Waals surface area contributed by atoms with Gasteiger partial charge in [-0.1, -0.05) is 32.9 Å². The van der Waals surface area contributed by atoms with Crippen molar-refractivity contribution >= 4 is 5.91 Å². The van der Waals surface area contributed by atoms with Crippen molar-refractivity contribution in [2.24, 2.45) is 17.3 Å². The lowest BCUT2D eigenvalue weighted by atomic mass is 9.70. The van der Waals surface area contributed by atoms with E-state index in [1.165, 1.54) is 12.1 Å². The van der Waals surface area contributed by atoms with Crippen LogP contribution in [0.2, 0.25) is 0 Å². The number of benzene rings is 1. The van der Waals surface area contributed by atoms with Crippen molar-refractivity contribution in [2.75, 3.05) is 13.2 Å². The standard InChI is InChI=1S/C22H32FNO4/c1-5-27-21-17(7-6-12-25)18(22(2,3)4)13-19(28-21)20(26)24-14-15-8-10-16(23)11-9-15/h8-11,13,17-18,21,25H,5-7,12,14H2,1-4H3,(H,24,26)/t17-,18+,21-/m1/s1. The van der Waals surface area contributed by atoms with Gasteiger partial charge in [-0.3, -0.25) is 4.79 Å². The minimum absolute atomic E-state index is 0.0562. The normalized spacial score (nSPS) is 22.4. The van der Waals surface area contributed by atoms with Crippen molar-refractivity contribution in [1.82, 2.24) is 5.32 Å². The molecule has 0 radical (unpaired) electrons. The molecule has 1 aliphatic heterocycles. The number of hydrogen-bond donors (Lipinski definition) is 2. The fraction of sp³-hybridized carbons (Fsp3) is 0.591. The number of amides is 1. The minimum atomic E-state index is -0.530. The van der Waals surface area contributed by atoms with E-state index < -0.39 is 6.29 Å². The van der Waals surface area contributed by atoms with Crippen LogP contribution >= 0.6 is 0 Å².